The summed E-state index contributed by atoms with van der Waals surface area (Å²) in [5.41, 5.74) is 0.549. The van der Waals surface area contributed by atoms with Gasteiger partial charge in [0.1, 0.15) is 5.82 Å². The Kier molecular flexibility index (Phi) is 2.44. The summed E-state index contributed by atoms with van der Waals surface area (Å²) in [5, 5.41) is 11.2. The third-order valence-electron chi connectivity index (χ3n) is 5.05. The molecule has 96 valence electrons. The van der Waals surface area contributed by atoms with Crippen LogP contribution < -0.4 is 0 Å². The van der Waals surface area contributed by atoms with Crippen molar-refractivity contribution in [2.24, 2.45) is 0 Å². The van der Waals surface area contributed by atoms with Crippen LogP contribution in [0.4, 0.5) is 4.39 Å². The predicted molar refractivity (Wildman–Crippen MR) is 65.5 cm³/mol. The third-order valence-corrected chi connectivity index (χ3v) is 5.05. The second-order valence-electron chi connectivity index (χ2n) is 5.77. The molecule has 0 amide bonds. The maximum absolute atomic E-state index is 13.0. The fourth-order valence-electron chi connectivity index (χ4n) is 3.68. The zero-order valence-electron chi connectivity index (χ0n) is 10.2. The van der Waals surface area contributed by atoms with Crippen molar-refractivity contribution < 1.29 is 9.31 Å². The number of benzene rings is 1. The lowest BCUT2D eigenvalue weighted by Gasteiger charge is -2.49. The molecule has 0 radical (unpaired) electrons. The van der Waals surface area contributed by atoms with Gasteiger partial charge < -0.3 is 0 Å². The molecule has 2 bridgehead atoms. The molecule has 0 aromatic heterocycles. The molecule has 3 nitrogen and oxygen atoms in total. The van der Waals surface area contributed by atoms with Crippen molar-refractivity contribution in [3.8, 4) is 0 Å². The maximum atomic E-state index is 13.0. The van der Waals surface area contributed by atoms with E-state index in [9.17, 15) is 14.5 Å². The minimum absolute atomic E-state index is 0.0610. The van der Waals surface area contributed by atoms with E-state index in [0.29, 0.717) is 19.3 Å². The van der Waals surface area contributed by atoms with Crippen molar-refractivity contribution in [2.75, 3.05) is 0 Å². The lowest BCUT2D eigenvalue weighted by atomic mass is 9.55. The van der Waals surface area contributed by atoms with E-state index in [4.69, 9.17) is 0 Å². The maximum Gasteiger partial charge on any atom is 0.222 e. The SMILES string of the molecule is O=[N+]([O-])C12CCC(c3ccc(F)cc3)(CC1)CC2. The van der Waals surface area contributed by atoms with Gasteiger partial charge in [-0.25, -0.2) is 4.39 Å². The van der Waals surface area contributed by atoms with Gasteiger partial charge in [0.25, 0.3) is 0 Å². The van der Waals surface area contributed by atoms with Gasteiger partial charge >= 0.3 is 0 Å². The van der Waals surface area contributed by atoms with Gasteiger partial charge in [0.15, 0.2) is 0 Å². The van der Waals surface area contributed by atoms with Gasteiger partial charge in [-0.05, 0) is 42.4 Å². The number of nitrogens with zero attached hydrogens (tertiary/aromatic N) is 1. The summed E-state index contributed by atoms with van der Waals surface area (Å²) in [6, 6.07) is 6.68. The number of halogens is 1. The molecule has 4 rings (SSSR count). The summed E-state index contributed by atoms with van der Waals surface area (Å²) in [5.74, 6) is -0.221. The molecule has 0 heterocycles. The lowest BCUT2D eigenvalue weighted by Crippen LogP contribution is -2.52. The van der Waals surface area contributed by atoms with Gasteiger partial charge in [0.05, 0.1) is 0 Å². The van der Waals surface area contributed by atoms with Crippen LogP contribution in [-0.2, 0) is 5.41 Å². The van der Waals surface area contributed by atoms with E-state index in [1.807, 2.05) is 12.1 Å². The van der Waals surface area contributed by atoms with Gasteiger partial charge in [0, 0.05) is 24.2 Å². The molecule has 0 unspecified atom stereocenters. The average molecular weight is 249 g/mol. The molecule has 1 aromatic carbocycles. The van der Waals surface area contributed by atoms with Crippen molar-refractivity contribution in [1.29, 1.82) is 0 Å². The summed E-state index contributed by atoms with van der Waals surface area (Å²) < 4.78 is 13.0. The molecular weight excluding hydrogens is 233 g/mol. The van der Waals surface area contributed by atoms with Crippen LogP contribution in [0.3, 0.4) is 0 Å². The van der Waals surface area contributed by atoms with E-state index in [-0.39, 0.29) is 16.2 Å². The van der Waals surface area contributed by atoms with Gasteiger partial charge in [-0.1, -0.05) is 12.1 Å². The Morgan fingerprint density at radius 1 is 1.00 bits per heavy atom. The molecule has 3 aliphatic carbocycles. The first-order valence-electron chi connectivity index (χ1n) is 6.47. The number of rotatable bonds is 2. The minimum Gasteiger partial charge on any atom is -0.264 e. The first-order valence-corrected chi connectivity index (χ1v) is 6.47. The van der Waals surface area contributed by atoms with Crippen LogP contribution in [0.1, 0.15) is 44.1 Å². The van der Waals surface area contributed by atoms with Crippen LogP contribution >= 0.6 is 0 Å². The van der Waals surface area contributed by atoms with E-state index in [2.05, 4.69) is 0 Å². The zero-order valence-corrected chi connectivity index (χ0v) is 10.2. The number of hydrogen-bond acceptors (Lipinski definition) is 2. The van der Waals surface area contributed by atoms with E-state index < -0.39 is 5.54 Å². The molecule has 0 saturated heterocycles. The molecule has 3 fully saturated rings. The second-order valence-corrected chi connectivity index (χ2v) is 5.77. The Morgan fingerprint density at radius 2 is 1.50 bits per heavy atom. The fourth-order valence-corrected chi connectivity index (χ4v) is 3.68. The smallest absolute Gasteiger partial charge is 0.222 e. The summed E-state index contributed by atoms with van der Waals surface area (Å²) in [6.07, 6.45) is 4.57. The Balaban J connectivity index is 1.88. The largest absolute Gasteiger partial charge is 0.264 e. The zero-order chi connectivity index (χ0) is 12.8. The highest BCUT2D eigenvalue weighted by molar-refractivity contribution is 5.29. The quantitative estimate of drug-likeness (QED) is 0.595. The highest BCUT2D eigenvalue weighted by Gasteiger charge is 2.56. The standard InChI is InChI=1S/C14H16FNO2/c15-12-3-1-11(2-4-12)13-5-8-14(9-6-13,10-7-13)16(17)18/h1-4H,5-10H2. The second kappa shape index (κ2) is 3.77. The first kappa shape index (κ1) is 11.6. The summed E-state index contributed by atoms with van der Waals surface area (Å²) in [7, 11) is 0. The van der Waals surface area contributed by atoms with Crippen molar-refractivity contribution in [3.63, 3.8) is 0 Å². The highest BCUT2D eigenvalue weighted by atomic mass is 19.1. The number of hydrogen-bond donors (Lipinski definition) is 0. The topological polar surface area (TPSA) is 43.1 Å². The predicted octanol–water partition coefficient (Wildman–Crippen LogP) is 3.45. The molecule has 0 aliphatic heterocycles. The van der Waals surface area contributed by atoms with Crippen LogP contribution in [-0.4, -0.2) is 10.5 Å². The molecule has 3 aliphatic rings. The van der Waals surface area contributed by atoms with Crippen LogP contribution in [0.15, 0.2) is 24.3 Å². The Bertz CT molecular complexity index is 459. The van der Waals surface area contributed by atoms with E-state index >= 15 is 0 Å². The van der Waals surface area contributed by atoms with E-state index in [1.165, 1.54) is 12.1 Å². The summed E-state index contributed by atoms with van der Waals surface area (Å²) in [6.45, 7) is 0. The molecule has 18 heavy (non-hydrogen) atoms. The first-order chi connectivity index (χ1) is 8.56. The molecule has 0 N–H and O–H groups in total. The molecule has 0 atom stereocenters. The van der Waals surface area contributed by atoms with Crippen molar-refractivity contribution in [1.82, 2.24) is 0 Å². The van der Waals surface area contributed by atoms with Crippen molar-refractivity contribution in [2.45, 2.75) is 49.5 Å². The van der Waals surface area contributed by atoms with Gasteiger partial charge in [0.2, 0.25) is 5.54 Å². The molecular formula is C14H16FNO2. The Labute approximate surface area is 105 Å². The molecule has 1 aromatic rings. The molecule has 0 spiro atoms. The monoisotopic (exact) mass is 249 g/mol. The minimum atomic E-state index is -0.665. The van der Waals surface area contributed by atoms with Crippen molar-refractivity contribution in [3.05, 3.63) is 45.8 Å². The molecule has 3 saturated carbocycles. The van der Waals surface area contributed by atoms with Crippen LogP contribution in [0, 0.1) is 15.9 Å². The Hall–Kier alpha value is -1.45. The van der Waals surface area contributed by atoms with Crippen LogP contribution in [0.5, 0.6) is 0 Å². The number of fused-ring (bicyclic) bond motifs is 3. The highest BCUT2D eigenvalue weighted by Crippen LogP contribution is 2.54. The van der Waals surface area contributed by atoms with Crippen molar-refractivity contribution >= 4 is 0 Å². The molecule has 4 heteroatoms. The summed E-state index contributed by atoms with van der Waals surface area (Å²) in [4.78, 5) is 11.1. The van der Waals surface area contributed by atoms with Gasteiger partial charge in [-0.15, -0.1) is 0 Å². The van der Waals surface area contributed by atoms with Crippen LogP contribution in [0.2, 0.25) is 0 Å². The van der Waals surface area contributed by atoms with E-state index in [1.54, 1.807) is 0 Å². The van der Waals surface area contributed by atoms with Crippen LogP contribution in [0.25, 0.3) is 0 Å². The summed E-state index contributed by atoms with van der Waals surface area (Å²) >= 11 is 0. The number of nitro groups is 1. The fraction of sp³-hybridized carbons (Fsp3) is 0.571. The van der Waals surface area contributed by atoms with Gasteiger partial charge in [-0.3, -0.25) is 10.1 Å². The average Bonchev–Trinajstić information content (AvgIpc) is 2.41. The normalized spacial score (nSPS) is 34.5. The van der Waals surface area contributed by atoms with E-state index in [0.717, 1.165) is 24.8 Å². The van der Waals surface area contributed by atoms with Gasteiger partial charge in [-0.2, -0.15) is 0 Å². The third kappa shape index (κ3) is 1.55. The lowest BCUT2D eigenvalue weighted by molar-refractivity contribution is -0.582. The Morgan fingerprint density at radius 3 is 1.94 bits per heavy atom.